The molecule has 0 aromatic carbocycles. The van der Waals surface area contributed by atoms with Crippen molar-refractivity contribution in [2.75, 3.05) is 0 Å². The standard InChI is InChI=1S/C9H16N2O2.CH4/c1-6(12)9(11-10)7-2-4-8(13)5-3-7;/h7,9,11H,2-5,10H2,1H3;1H4. The quantitative estimate of drug-likeness (QED) is 0.522. The van der Waals surface area contributed by atoms with E-state index in [1.165, 1.54) is 6.92 Å². The van der Waals surface area contributed by atoms with Crippen LogP contribution in [0.1, 0.15) is 40.0 Å². The Hall–Kier alpha value is -0.740. The molecule has 3 N–H and O–H groups in total. The molecule has 0 aromatic rings. The van der Waals surface area contributed by atoms with Crippen LogP contribution in [0.25, 0.3) is 0 Å². The van der Waals surface area contributed by atoms with Crippen molar-refractivity contribution in [3.8, 4) is 0 Å². The Labute approximate surface area is 85.2 Å². The van der Waals surface area contributed by atoms with Gasteiger partial charge in [0.15, 0.2) is 0 Å². The highest BCUT2D eigenvalue weighted by molar-refractivity contribution is 5.83. The van der Waals surface area contributed by atoms with Crippen LogP contribution in [-0.4, -0.2) is 17.6 Å². The molecule has 14 heavy (non-hydrogen) atoms. The molecule has 1 unspecified atom stereocenters. The molecule has 1 saturated carbocycles. The summed E-state index contributed by atoms with van der Waals surface area (Å²) in [5, 5.41) is 0. The predicted molar refractivity (Wildman–Crippen MR) is 55.5 cm³/mol. The lowest BCUT2D eigenvalue weighted by atomic mass is 9.82. The van der Waals surface area contributed by atoms with Gasteiger partial charge in [-0.3, -0.25) is 15.4 Å². The van der Waals surface area contributed by atoms with Crippen molar-refractivity contribution in [3.63, 3.8) is 0 Å². The van der Waals surface area contributed by atoms with Crippen molar-refractivity contribution in [2.24, 2.45) is 11.8 Å². The van der Waals surface area contributed by atoms with Crippen LogP contribution in [-0.2, 0) is 9.59 Å². The summed E-state index contributed by atoms with van der Waals surface area (Å²) in [6.45, 7) is 1.53. The molecule has 0 spiro atoms. The Balaban J connectivity index is 0.00000169. The van der Waals surface area contributed by atoms with Crippen LogP contribution >= 0.6 is 0 Å². The van der Waals surface area contributed by atoms with Crippen molar-refractivity contribution < 1.29 is 9.59 Å². The highest BCUT2D eigenvalue weighted by Crippen LogP contribution is 2.24. The van der Waals surface area contributed by atoms with E-state index in [9.17, 15) is 9.59 Å². The zero-order chi connectivity index (χ0) is 9.84. The highest BCUT2D eigenvalue weighted by atomic mass is 16.1. The number of carbonyl (C=O) groups excluding carboxylic acids is 2. The summed E-state index contributed by atoms with van der Waals surface area (Å²) < 4.78 is 0. The SMILES string of the molecule is C.CC(=O)C(NN)C1CCC(=O)CC1. The van der Waals surface area contributed by atoms with E-state index < -0.39 is 0 Å². The highest BCUT2D eigenvalue weighted by Gasteiger charge is 2.28. The fourth-order valence-electron chi connectivity index (χ4n) is 1.88. The van der Waals surface area contributed by atoms with E-state index >= 15 is 0 Å². The predicted octanol–water partition coefficient (Wildman–Crippen LogP) is 0.803. The van der Waals surface area contributed by atoms with Gasteiger partial charge >= 0.3 is 0 Å². The molecule has 0 aliphatic heterocycles. The second-order valence-electron chi connectivity index (χ2n) is 3.63. The second kappa shape index (κ2) is 5.88. The molecular weight excluding hydrogens is 180 g/mol. The van der Waals surface area contributed by atoms with Gasteiger partial charge in [0.2, 0.25) is 0 Å². The monoisotopic (exact) mass is 200 g/mol. The Morgan fingerprint density at radius 2 is 2.00 bits per heavy atom. The molecule has 0 heterocycles. The molecule has 4 nitrogen and oxygen atoms in total. The summed E-state index contributed by atoms with van der Waals surface area (Å²) in [7, 11) is 0. The van der Waals surface area contributed by atoms with Gasteiger partial charge in [0.05, 0.1) is 6.04 Å². The number of hydrazine groups is 1. The lowest BCUT2D eigenvalue weighted by molar-refractivity contribution is -0.124. The number of nitrogens with one attached hydrogen (secondary N) is 1. The average Bonchev–Trinajstić information content (AvgIpc) is 2.09. The van der Waals surface area contributed by atoms with E-state index in [1.807, 2.05) is 0 Å². The third kappa shape index (κ3) is 3.20. The Bertz CT molecular complexity index is 206. The summed E-state index contributed by atoms with van der Waals surface area (Å²) >= 11 is 0. The Morgan fingerprint density at radius 3 is 2.36 bits per heavy atom. The second-order valence-corrected chi connectivity index (χ2v) is 3.63. The van der Waals surface area contributed by atoms with Crippen LogP contribution in [0.4, 0.5) is 0 Å². The smallest absolute Gasteiger partial charge is 0.148 e. The summed E-state index contributed by atoms with van der Waals surface area (Å²) in [5.74, 6) is 5.88. The maximum Gasteiger partial charge on any atom is 0.148 e. The number of hydrogen-bond acceptors (Lipinski definition) is 4. The first-order valence-corrected chi connectivity index (χ1v) is 4.63. The zero-order valence-corrected chi connectivity index (χ0v) is 7.88. The number of Topliss-reactive ketones (excluding diaryl/α,β-unsaturated/α-hetero) is 2. The van der Waals surface area contributed by atoms with Crippen LogP contribution in [0.5, 0.6) is 0 Å². The first-order valence-electron chi connectivity index (χ1n) is 4.63. The van der Waals surface area contributed by atoms with E-state index in [-0.39, 0.29) is 25.2 Å². The van der Waals surface area contributed by atoms with Crippen LogP contribution in [0.15, 0.2) is 0 Å². The van der Waals surface area contributed by atoms with Crippen molar-refractivity contribution in [1.29, 1.82) is 0 Å². The lowest BCUT2D eigenvalue weighted by Gasteiger charge is -2.27. The molecule has 82 valence electrons. The minimum atomic E-state index is -0.270. The van der Waals surface area contributed by atoms with Gasteiger partial charge in [0, 0.05) is 12.8 Å². The van der Waals surface area contributed by atoms with Gasteiger partial charge in [-0.1, -0.05) is 7.43 Å². The van der Waals surface area contributed by atoms with Gasteiger partial charge in [0.25, 0.3) is 0 Å². The minimum Gasteiger partial charge on any atom is -0.300 e. The number of hydrogen-bond donors (Lipinski definition) is 2. The fourth-order valence-corrected chi connectivity index (χ4v) is 1.88. The largest absolute Gasteiger partial charge is 0.300 e. The summed E-state index contributed by atoms with van der Waals surface area (Å²) in [6.07, 6.45) is 2.76. The molecule has 0 bridgehead atoms. The van der Waals surface area contributed by atoms with Crippen LogP contribution in [0.3, 0.4) is 0 Å². The minimum absolute atomic E-state index is 0. The van der Waals surface area contributed by atoms with E-state index in [0.717, 1.165) is 12.8 Å². The molecule has 1 aliphatic carbocycles. The van der Waals surface area contributed by atoms with E-state index in [0.29, 0.717) is 18.6 Å². The lowest BCUT2D eigenvalue weighted by Crippen LogP contribution is -2.46. The van der Waals surface area contributed by atoms with Gasteiger partial charge in [-0.2, -0.15) is 0 Å². The average molecular weight is 200 g/mol. The maximum atomic E-state index is 11.1. The van der Waals surface area contributed by atoms with Crippen LogP contribution in [0, 0.1) is 5.92 Å². The molecule has 1 atom stereocenters. The van der Waals surface area contributed by atoms with Crippen LogP contribution in [0.2, 0.25) is 0 Å². The van der Waals surface area contributed by atoms with E-state index in [1.54, 1.807) is 0 Å². The fraction of sp³-hybridized carbons (Fsp3) is 0.800. The van der Waals surface area contributed by atoms with Crippen molar-refractivity contribution in [1.82, 2.24) is 5.43 Å². The molecule has 0 radical (unpaired) electrons. The molecule has 1 rings (SSSR count). The van der Waals surface area contributed by atoms with Gasteiger partial charge in [-0.25, -0.2) is 5.43 Å². The Morgan fingerprint density at radius 1 is 1.50 bits per heavy atom. The number of carbonyl (C=O) groups is 2. The van der Waals surface area contributed by atoms with E-state index in [2.05, 4.69) is 5.43 Å². The van der Waals surface area contributed by atoms with Crippen LogP contribution < -0.4 is 11.3 Å². The molecule has 1 fully saturated rings. The maximum absolute atomic E-state index is 11.1. The van der Waals surface area contributed by atoms with E-state index in [4.69, 9.17) is 5.84 Å². The molecular formula is C10H20N2O2. The first kappa shape index (κ1) is 13.3. The molecule has 0 amide bonds. The molecule has 0 saturated heterocycles. The van der Waals surface area contributed by atoms with Crippen molar-refractivity contribution in [2.45, 2.75) is 46.1 Å². The first-order chi connectivity index (χ1) is 6.15. The van der Waals surface area contributed by atoms with Gasteiger partial charge in [-0.05, 0) is 25.7 Å². The zero-order valence-electron chi connectivity index (χ0n) is 7.88. The van der Waals surface area contributed by atoms with Gasteiger partial charge in [-0.15, -0.1) is 0 Å². The summed E-state index contributed by atoms with van der Waals surface area (Å²) in [4.78, 5) is 22.1. The Kier molecular flexibility index (Phi) is 5.57. The normalized spacial score (nSPS) is 20.0. The molecule has 4 heteroatoms. The number of ketones is 2. The van der Waals surface area contributed by atoms with Crippen molar-refractivity contribution in [3.05, 3.63) is 0 Å². The molecule has 1 aliphatic rings. The molecule has 0 aromatic heterocycles. The van der Waals surface area contributed by atoms with Crippen molar-refractivity contribution >= 4 is 11.6 Å². The third-order valence-electron chi connectivity index (χ3n) is 2.68. The number of nitrogens with two attached hydrogens (primary N) is 1. The number of rotatable bonds is 3. The van der Waals surface area contributed by atoms with Gasteiger partial charge < -0.3 is 0 Å². The summed E-state index contributed by atoms with van der Waals surface area (Å²) in [5.41, 5.74) is 2.53. The van der Waals surface area contributed by atoms with Gasteiger partial charge in [0.1, 0.15) is 11.6 Å². The topological polar surface area (TPSA) is 72.2 Å². The summed E-state index contributed by atoms with van der Waals surface area (Å²) in [6, 6.07) is -0.270. The third-order valence-corrected chi connectivity index (χ3v) is 2.68.